The predicted octanol–water partition coefficient (Wildman–Crippen LogP) is 2.01. The Kier molecular flexibility index (Phi) is 5.32. The highest BCUT2D eigenvalue weighted by Crippen LogP contribution is 2.23. The number of aliphatic hydroxyl groups excluding tert-OH is 1. The van der Waals surface area contributed by atoms with Gasteiger partial charge in [0.1, 0.15) is 12.4 Å². The number of rotatable bonds is 5. The SMILES string of the molecule is Cc1ncc(CO)c(CNC(=O)OCc2ccccc2)c1O. The number of aliphatic hydroxyl groups is 1. The molecule has 0 atom stereocenters. The van der Waals surface area contributed by atoms with E-state index in [0.29, 0.717) is 16.8 Å². The number of hydrogen-bond acceptors (Lipinski definition) is 5. The van der Waals surface area contributed by atoms with E-state index >= 15 is 0 Å². The molecule has 3 N–H and O–H groups in total. The highest BCUT2D eigenvalue weighted by Gasteiger charge is 2.12. The molecular weight excluding hydrogens is 284 g/mol. The lowest BCUT2D eigenvalue weighted by Gasteiger charge is -2.12. The van der Waals surface area contributed by atoms with Gasteiger partial charge in [0.05, 0.1) is 18.8 Å². The van der Waals surface area contributed by atoms with Crippen LogP contribution in [-0.4, -0.2) is 21.3 Å². The second kappa shape index (κ2) is 7.42. The number of amides is 1. The fourth-order valence-electron chi connectivity index (χ4n) is 1.95. The number of hydrogen-bond donors (Lipinski definition) is 3. The summed E-state index contributed by atoms with van der Waals surface area (Å²) in [5.41, 5.74) is 2.22. The second-order valence-corrected chi connectivity index (χ2v) is 4.77. The summed E-state index contributed by atoms with van der Waals surface area (Å²) in [7, 11) is 0. The average Bonchev–Trinajstić information content (AvgIpc) is 2.55. The van der Waals surface area contributed by atoms with Gasteiger partial charge in [-0.05, 0) is 12.5 Å². The van der Waals surface area contributed by atoms with Crippen LogP contribution < -0.4 is 5.32 Å². The van der Waals surface area contributed by atoms with Crippen molar-refractivity contribution in [3.63, 3.8) is 0 Å². The standard InChI is InChI=1S/C16H18N2O4/c1-11-15(20)14(13(9-19)7-17-11)8-18-16(21)22-10-12-5-3-2-4-6-12/h2-7,19-20H,8-10H2,1H3,(H,18,21). The number of nitrogens with zero attached hydrogens (tertiary/aromatic N) is 1. The first-order valence-corrected chi connectivity index (χ1v) is 6.83. The van der Waals surface area contributed by atoms with Crippen molar-refractivity contribution in [1.29, 1.82) is 0 Å². The molecule has 1 amide bonds. The molecule has 0 saturated carbocycles. The van der Waals surface area contributed by atoms with Crippen molar-refractivity contribution in [2.24, 2.45) is 0 Å². The fraction of sp³-hybridized carbons (Fsp3) is 0.250. The molecule has 0 radical (unpaired) electrons. The first kappa shape index (κ1) is 15.8. The molecule has 0 saturated heterocycles. The molecule has 6 nitrogen and oxygen atoms in total. The highest BCUT2D eigenvalue weighted by molar-refractivity contribution is 5.67. The van der Waals surface area contributed by atoms with Gasteiger partial charge in [-0.3, -0.25) is 4.98 Å². The van der Waals surface area contributed by atoms with Crippen LogP contribution in [0.25, 0.3) is 0 Å². The van der Waals surface area contributed by atoms with Gasteiger partial charge in [-0.1, -0.05) is 30.3 Å². The molecular formula is C16H18N2O4. The highest BCUT2D eigenvalue weighted by atomic mass is 16.5. The largest absolute Gasteiger partial charge is 0.506 e. The Labute approximate surface area is 128 Å². The Hall–Kier alpha value is -2.60. The van der Waals surface area contributed by atoms with Crippen LogP contribution in [0.2, 0.25) is 0 Å². The van der Waals surface area contributed by atoms with Crippen LogP contribution in [0.4, 0.5) is 4.79 Å². The Morgan fingerprint density at radius 1 is 1.32 bits per heavy atom. The topological polar surface area (TPSA) is 91.7 Å². The zero-order valence-electron chi connectivity index (χ0n) is 12.2. The molecule has 6 heteroatoms. The Morgan fingerprint density at radius 3 is 2.73 bits per heavy atom. The van der Waals surface area contributed by atoms with Gasteiger partial charge in [0, 0.05) is 17.3 Å². The maximum Gasteiger partial charge on any atom is 0.407 e. The molecule has 0 aliphatic carbocycles. The molecule has 22 heavy (non-hydrogen) atoms. The van der Waals surface area contributed by atoms with Crippen LogP contribution in [-0.2, 0) is 24.5 Å². The molecule has 2 rings (SSSR count). The van der Waals surface area contributed by atoms with Gasteiger partial charge < -0.3 is 20.3 Å². The molecule has 1 aromatic heterocycles. The first-order chi connectivity index (χ1) is 10.6. The average molecular weight is 302 g/mol. The molecule has 0 aliphatic heterocycles. The number of benzene rings is 1. The van der Waals surface area contributed by atoms with E-state index in [-0.39, 0.29) is 25.5 Å². The molecule has 116 valence electrons. The third-order valence-corrected chi connectivity index (χ3v) is 3.22. The summed E-state index contributed by atoms with van der Waals surface area (Å²) < 4.78 is 5.08. The number of aromatic nitrogens is 1. The quantitative estimate of drug-likeness (QED) is 0.786. The molecule has 1 aromatic carbocycles. The van der Waals surface area contributed by atoms with Gasteiger partial charge in [0.2, 0.25) is 0 Å². The zero-order valence-corrected chi connectivity index (χ0v) is 12.2. The first-order valence-electron chi connectivity index (χ1n) is 6.83. The summed E-state index contributed by atoms with van der Waals surface area (Å²) >= 11 is 0. The summed E-state index contributed by atoms with van der Waals surface area (Å²) in [6.45, 7) is 1.60. The third kappa shape index (κ3) is 3.95. The Morgan fingerprint density at radius 2 is 2.05 bits per heavy atom. The van der Waals surface area contributed by atoms with Gasteiger partial charge in [0.25, 0.3) is 0 Å². The van der Waals surface area contributed by atoms with E-state index in [4.69, 9.17) is 4.74 Å². The lowest BCUT2D eigenvalue weighted by atomic mass is 10.1. The van der Waals surface area contributed by atoms with E-state index in [1.165, 1.54) is 6.20 Å². The number of aromatic hydroxyl groups is 1. The van der Waals surface area contributed by atoms with E-state index < -0.39 is 6.09 Å². The van der Waals surface area contributed by atoms with Crippen LogP contribution in [0.1, 0.15) is 22.4 Å². The van der Waals surface area contributed by atoms with Crippen molar-refractivity contribution in [3.05, 3.63) is 58.9 Å². The van der Waals surface area contributed by atoms with Crippen molar-refractivity contribution in [2.45, 2.75) is 26.7 Å². The van der Waals surface area contributed by atoms with E-state index in [2.05, 4.69) is 10.3 Å². The van der Waals surface area contributed by atoms with Gasteiger partial charge in [0.15, 0.2) is 0 Å². The van der Waals surface area contributed by atoms with E-state index in [9.17, 15) is 15.0 Å². The maximum absolute atomic E-state index is 11.7. The van der Waals surface area contributed by atoms with Crippen LogP contribution in [0, 0.1) is 6.92 Å². The monoisotopic (exact) mass is 302 g/mol. The van der Waals surface area contributed by atoms with Crippen LogP contribution in [0.15, 0.2) is 36.5 Å². The number of pyridine rings is 1. The minimum atomic E-state index is -0.596. The summed E-state index contributed by atoms with van der Waals surface area (Å²) in [6, 6.07) is 9.32. The number of alkyl carbamates (subject to hydrolysis) is 1. The third-order valence-electron chi connectivity index (χ3n) is 3.22. The van der Waals surface area contributed by atoms with E-state index in [1.807, 2.05) is 30.3 Å². The number of nitrogens with one attached hydrogen (secondary N) is 1. The van der Waals surface area contributed by atoms with E-state index in [1.54, 1.807) is 6.92 Å². The Balaban J connectivity index is 1.93. The van der Waals surface area contributed by atoms with Crippen LogP contribution in [0.5, 0.6) is 5.75 Å². The molecule has 0 unspecified atom stereocenters. The normalized spacial score (nSPS) is 10.3. The number of carbonyl (C=O) groups is 1. The van der Waals surface area contributed by atoms with Gasteiger partial charge in [-0.25, -0.2) is 4.79 Å². The zero-order chi connectivity index (χ0) is 15.9. The van der Waals surface area contributed by atoms with Crippen molar-refractivity contribution >= 4 is 6.09 Å². The summed E-state index contributed by atoms with van der Waals surface area (Å²) in [6.07, 6.45) is 0.878. The molecule has 1 heterocycles. The summed E-state index contributed by atoms with van der Waals surface area (Å²) in [4.78, 5) is 15.7. The second-order valence-electron chi connectivity index (χ2n) is 4.77. The summed E-state index contributed by atoms with van der Waals surface area (Å²) in [5.74, 6) is -0.0325. The predicted molar refractivity (Wildman–Crippen MR) is 80.0 cm³/mol. The maximum atomic E-state index is 11.7. The molecule has 0 aliphatic rings. The number of ether oxygens (including phenoxy) is 1. The van der Waals surface area contributed by atoms with Crippen molar-refractivity contribution in [2.75, 3.05) is 0 Å². The number of carbonyl (C=O) groups excluding carboxylic acids is 1. The van der Waals surface area contributed by atoms with Gasteiger partial charge in [-0.15, -0.1) is 0 Å². The molecule has 0 bridgehead atoms. The van der Waals surface area contributed by atoms with Gasteiger partial charge >= 0.3 is 6.09 Å². The molecule has 0 spiro atoms. The van der Waals surface area contributed by atoms with Crippen molar-refractivity contribution in [1.82, 2.24) is 10.3 Å². The van der Waals surface area contributed by atoms with Gasteiger partial charge in [-0.2, -0.15) is 0 Å². The lowest BCUT2D eigenvalue weighted by Crippen LogP contribution is -2.24. The molecule has 2 aromatic rings. The minimum absolute atomic E-state index is 0.0325. The Bertz CT molecular complexity index is 644. The smallest absolute Gasteiger partial charge is 0.407 e. The van der Waals surface area contributed by atoms with Crippen LogP contribution in [0.3, 0.4) is 0 Å². The summed E-state index contributed by atoms with van der Waals surface area (Å²) in [5, 5.41) is 21.8. The van der Waals surface area contributed by atoms with Crippen LogP contribution >= 0.6 is 0 Å². The van der Waals surface area contributed by atoms with E-state index in [0.717, 1.165) is 5.56 Å². The number of aryl methyl sites for hydroxylation is 1. The molecule has 0 fully saturated rings. The fourth-order valence-corrected chi connectivity index (χ4v) is 1.95. The lowest BCUT2D eigenvalue weighted by molar-refractivity contribution is 0.139. The van der Waals surface area contributed by atoms with Crippen molar-refractivity contribution in [3.8, 4) is 5.75 Å². The minimum Gasteiger partial charge on any atom is -0.506 e. The van der Waals surface area contributed by atoms with Crippen molar-refractivity contribution < 1.29 is 19.7 Å².